The van der Waals surface area contributed by atoms with Crippen LogP contribution in [0.1, 0.15) is 51.5 Å². The van der Waals surface area contributed by atoms with Crippen molar-refractivity contribution in [2.75, 3.05) is 17.7 Å². The molecule has 0 saturated heterocycles. The number of aromatic nitrogens is 4. The molecule has 2 aliphatic carbocycles. The first-order chi connectivity index (χ1) is 18.6. The summed E-state index contributed by atoms with van der Waals surface area (Å²) in [4.78, 5) is 16.3. The van der Waals surface area contributed by atoms with E-state index in [1.54, 1.807) is 11.0 Å². The molecule has 2 aromatic carbocycles. The van der Waals surface area contributed by atoms with Gasteiger partial charge in [0.25, 0.3) is 0 Å². The quantitative estimate of drug-likeness (QED) is 0.250. The van der Waals surface area contributed by atoms with Crippen LogP contribution >= 0.6 is 0 Å². The van der Waals surface area contributed by atoms with E-state index in [4.69, 9.17) is 15.2 Å². The standard InChI is InChI=1S/C29H34N6O3/c1-19(20-6-7-20)38-29(36)33-22-10-8-21(9-11-22)28-27(30)25-16-24(37-15-3-14-34-18-31-17-32-34)12-13-26(25)35(28)23-4-2-5-23/h8-13,16-20,23H,2-7,14-15,30H2,1H3,(H,33,36)/t19-/m1/s1. The highest BCUT2D eigenvalue weighted by Gasteiger charge is 2.31. The van der Waals surface area contributed by atoms with Crippen molar-refractivity contribution in [2.24, 2.45) is 5.92 Å². The fourth-order valence-electron chi connectivity index (χ4n) is 5.18. The first kappa shape index (κ1) is 24.3. The zero-order valence-electron chi connectivity index (χ0n) is 21.7. The molecule has 9 heteroatoms. The van der Waals surface area contributed by atoms with Crippen LogP contribution in [-0.4, -0.2) is 38.1 Å². The normalized spacial score (nSPS) is 16.2. The zero-order valence-corrected chi connectivity index (χ0v) is 21.7. The highest BCUT2D eigenvalue weighted by molar-refractivity contribution is 6.02. The maximum absolute atomic E-state index is 12.3. The highest BCUT2D eigenvalue weighted by atomic mass is 16.6. The summed E-state index contributed by atoms with van der Waals surface area (Å²) in [7, 11) is 0. The molecule has 2 saturated carbocycles. The third-order valence-corrected chi connectivity index (χ3v) is 7.70. The molecule has 2 aromatic heterocycles. The predicted molar refractivity (Wildman–Crippen MR) is 147 cm³/mol. The predicted octanol–water partition coefficient (Wildman–Crippen LogP) is 6.02. The number of carbonyl (C=O) groups is 1. The van der Waals surface area contributed by atoms with E-state index in [-0.39, 0.29) is 6.10 Å². The molecule has 2 heterocycles. The SMILES string of the molecule is C[C@@H](OC(=O)Nc1ccc(-c2c(N)c3cc(OCCCn4cncn4)ccc3n2C2CCC2)cc1)C1CC1. The van der Waals surface area contributed by atoms with Crippen LogP contribution in [0.2, 0.25) is 0 Å². The lowest BCUT2D eigenvalue weighted by Crippen LogP contribution is -2.21. The largest absolute Gasteiger partial charge is 0.494 e. The van der Waals surface area contributed by atoms with E-state index in [1.165, 1.54) is 12.7 Å². The van der Waals surface area contributed by atoms with Gasteiger partial charge in [0.15, 0.2) is 0 Å². The molecule has 0 bridgehead atoms. The number of nitrogens with zero attached hydrogens (tertiary/aromatic N) is 4. The molecule has 6 rings (SSSR count). The van der Waals surface area contributed by atoms with Gasteiger partial charge in [0.2, 0.25) is 0 Å². The van der Waals surface area contributed by atoms with Gasteiger partial charge in [-0.3, -0.25) is 10.00 Å². The molecular weight excluding hydrogens is 480 g/mol. The van der Waals surface area contributed by atoms with E-state index >= 15 is 0 Å². The van der Waals surface area contributed by atoms with Gasteiger partial charge in [-0.2, -0.15) is 5.10 Å². The van der Waals surface area contributed by atoms with Gasteiger partial charge in [-0.25, -0.2) is 9.78 Å². The molecule has 198 valence electrons. The lowest BCUT2D eigenvalue weighted by Gasteiger charge is -2.30. The van der Waals surface area contributed by atoms with Crippen LogP contribution in [0, 0.1) is 5.92 Å². The number of nitrogens with two attached hydrogens (primary N) is 1. The summed E-state index contributed by atoms with van der Waals surface area (Å²) < 4.78 is 15.7. The second-order valence-corrected chi connectivity index (χ2v) is 10.4. The van der Waals surface area contributed by atoms with Crippen molar-refractivity contribution in [3.63, 3.8) is 0 Å². The van der Waals surface area contributed by atoms with Crippen molar-refractivity contribution in [1.82, 2.24) is 19.3 Å². The van der Waals surface area contributed by atoms with Gasteiger partial charge < -0.3 is 19.8 Å². The minimum atomic E-state index is -0.408. The molecule has 1 amide bonds. The summed E-state index contributed by atoms with van der Waals surface area (Å²) in [5, 5.41) is 7.98. The third-order valence-electron chi connectivity index (χ3n) is 7.70. The van der Waals surface area contributed by atoms with Gasteiger partial charge in [-0.05, 0) is 75.3 Å². The number of amides is 1. The van der Waals surface area contributed by atoms with Gasteiger partial charge in [0.1, 0.15) is 24.5 Å². The van der Waals surface area contributed by atoms with E-state index in [9.17, 15) is 4.79 Å². The Balaban J connectivity index is 1.20. The van der Waals surface area contributed by atoms with Gasteiger partial charge in [0.05, 0.1) is 23.5 Å². The summed E-state index contributed by atoms with van der Waals surface area (Å²) in [6, 6.07) is 14.5. The summed E-state index contributed by atoms with van der Waals surface area (Å²) in [5.74, 6) is 1.31. The summed E-state index contributed by atoms with van der Waals surface area (Å²) in [6.07, 6.45) is 9.40. The molecule has 1 atom stereocenters. The number of carbonyl (C=O) groups excluding carboxylic acids is 1. The summed E-state index contributed by atoms with van der Waals surface area (Å²) in [6.45, 7) is 3.30. The number of hydrogen-bond acceptors (Lipinski definition) is 6. The second-order valence-electron chi connectivity index (χ2n) is 10.4. The Morgan fingerprint density at radius 3 is 2.66 bits per heavy atom. The highest BCUT2D eigenvalue weighted by Crippen LogP contribution is 2.45. The van der Waals surface area contributed by atoms with E-state index in [0.717, 1.165) is 72.2 Å². The van der Waals surface area contributed by atoms with Gasteiger partial charge in [-0.1, -0.05) is 12.1 Å². The number of hydrogen-bond donors (Lipinski definition) is 2. The average Bonchev–Trinajstić information content (AvgIpc) is 3.55. The van der Waals surface area contributed by atoms with Crippen LogP contribution in [-0.2, 0) is 11.3 Å². The Hall–Kier alpha value is -4.01. The molecule has 0 radical (unpaired) electrons. The molecule has 3 N–H and O–H groups in total. The van der Waals surface area contributed by atoms with Crippen molar-refractivity contribution in [2.45, 2.75) is 64.1 Å². The Bertz CT molecular complexity index is 1400. The van der Waals surface area contributed by atoms with Crippen molar-refractivity contribution < 1.29 is 14.3 Å². The number of aryl methyl sites for hydroxylation is 1. The van der Waals surface area contributed by atoms with Gasteiger partial charge in [0, 0.05) is 35.6 Å². The Morgan fingerprint density at radius 1 is 1.16 bits per heavy atom. The van der Waals surface area contributed by atoms with Crippen molar-refractivity contribution in [1.29, 1.82) is 0 Å². The fraction of sp³-hybridized carbons (Fsp3) is 0.414. The third kappa shape index (κ3) is 5.05. The van der Waals surface area contributed by atoms with Crippen LogP contribution in [0.15, 0.2) is 55.1 Å². The van der Waals surface area contributed by atoms with Crippen molar-refractivity contribution >= 4 is 28.4 Å². The zero-order chi connectivity index (χ0) is 26.1. The number of fused-ring (bicyclic) bond motifs is 1. The van der Waals surface area contributed by atoms with E-state index in [0.29, 0.717) is 24.3 Å². The monoisotopic (exact) mass is 514 g/mol. The van der Waals surface area contributed by atoms with E-state index in [1.807, 2.05) is 43.3 Å². The molecule has 0 spiro atoms. The van der Waals surface area contributed by atoms with Crippen LogP contribution in [0.5, 0.6) is 5.75 Å². The van der Waals surface area contributed by atoms with Crippen molar-refractivity contribution in [3.8, 4) is 17.0 Å². The number of benzene rings is 2. The van der Waals surface area contributed by atoms with Gasteiger partial charge in [-0.15, -0.1) is 0 Å². The number of nitrogens with one attached hydrogen (secondary N) is 1. The molecule has 0 unspecified atom stereocenters. The molecule has 2 aliphatic rings. The Morgan fingerprint density at radius 2 is 1.97 bits per heavy atom. The van der Waals surface area contributed by atoms with Crippen LogP contribution in [0.25, 0.3) is 22.2 Å². The number of ether oxygens (including phenoxy) is 2. The molecule has 0 aliphatic heterocycles. The second kappa shape index (κ2) is 10.4. The van der Waals surface area contributed by atoms with Crippen LogP contribution in [0.4, 0.5) is 16.2 Å². The maximum Gasteiger partial charge on any atom is 0.411 e. The first-order valence-corrected chi connectivity index (χ1v) is 13.5. The number of anilines is 2. The first-order valence-electron chi connectivity index (χ1n) is 13.5. The number of nitrogen functional groups attached to an aromatic ring is 1. The maximum atomic E-state index is 12.3. The minimum absolute atomic E-state index is 0.0465. The number of rotatable bonds is 10. The smallest absolute Gasteiger partial charge is 0.411 e. The van der Waals surface area contributed by atoms with Crippen molar-refractivity contribution in [3.05, 3.63) is 55.1 Å². The summed E-state index contributed by atoms with van der Waals surface area (Å²) >= 11 is 0. The molecule has 38 heavy (non-hydrogen) atoms. The molecule has 9 nitrogen and oxygen atoms in total. The lowest BCUT2D eigenvalue weighted by molar-refractivity contribution is 0.108. The molecular formula is C29H34N6O3. The topological polar surface area (TPSA) is 109 Å². The van der Waals surface area contributed by atoms with E-state index in [2.05, 4.69) is 26.0 Å². The van der Waals surface area contributed by atoms with Crippen LogP contribution < -0.4 is 15.8 Å². The lowest BCUT2D eigenvalue weighted by atomic mass is 9.92. The Labute approximate surface area is 221 Å². The average molecular weight is 515 g/mol. The van der Waals surface area contributed by atoms with Gasteiger partial charge >= 0.3 is 6.09 Å². The van der Waals surface area contributed by atoms with E-state index < -0.39 is 6.09 Å². The Kier molecular flexibility index (Phi) is 6.66. The molecule has 4 aromatic rings. The molecule has 2 fully saturated rings. The summed E-state index contributed by atoms with van der Waals surface area (Å²) in [5.41, 5.74) is 11.4. The fourth-order valence-corrected chi connectivity index (χ4v) is 5.18. The van der Waals surface area contributed by atoms with Crippen LogP contribution in [0.3, 0.4) is 0 Å². The minimum Gasteiger partial charge on any atom is -0.494 e.